The van der Waals surface area contributed by atoms with E-state index in [1.165, 1.54) is 32.1 Å². The molecule has 11 heavy (non-hydrogen) atoms. The molecule has 0 saturated heterocycles. The summed E-state index contributed by atoms with van der Waals surface area (Å²) in [5.74, 6) is 0. The molecule has 0 atom stereocenters. The van der Waals surface area contributed by atoms with Gasteiger partial charge in [-0.25, -0.2) is 0 Å². The summed E-state index contributed by atoms with van der Waals surface area (Å²) in [6, 6.07) is 0. The molecule has 68 valence electrons. The van der Waals surface area contributed by atoms with Gasteiger partial charge in [-0.15, -0.1) is 0 Å². The lowest BCUT2D eigenvalue weighted by molar-refractivity contribution is 0.244. The van der Waals surface area contributed by atoms with Crippen molar-refractivity contribution in [3.8, 4) is 0 Å². The predicted molar refractivity (Wildman–Crippen MR) is 49.8 cm³/mol. The molecule has 0 bridgehead atoms. The second-order valence-corrected chi connectivity index (χ2v) is 4.13. The van der Waals surface area contributed by atoms with Crippen molar-refractivity contribution in [3.05, 3.63) is 0 Å². The Hall–Kier alpha value is -0.0400. The van der Waals surface area contributed by atoms with Crippen LogP contribution in [-0.2, 0) is 4.74 Å². The van der Waals surface area contributed by atoms with Crippen molar-refractivity contribution in [2.45, 2.75) is 46.0 Å². The van der Waals surface area contributed by atoms with Crippen LogP contribution in [0.1, 0.15) is 46.0 Å². The first-order valence-electron chi connectivity index (χ1n) is 4.52. The molecule has 0 unspecified atom stereocenters. The SMILES string of the molecule is CC1(C)CCCCC1.COC. The van der Waals surface area contributed by atoms with E-state index in [1.54, 1.807) is 14.2 Å². The molecule has 1 heteroatoms. The van der Waals surface area contributed by atoms with Gasteiger partial charge >= 0.3 is 0 Å². The van der Waals surface area contributed by atoms with Crippen molar-refractivity contribution in [1.29, 1.82) is 0 Å². The van der Waals surface area contributed by atoms with Gasteiger partial charge in [0.1, 0.15) is 0 Å². The van der Waals surface area contributed by atoms with Crippen LogP contribution >= 0.6 is 0 Å². The molecule has 0 aromatic carbocycles. The number of methoxy groups -OCH3 is 1. The van der Waals surface area contributed by atoms with Gasteiger partial charge in [0.15, 0.2) is 0 Å². The van der Waals surface area contributed by atoms with Crippen LogP contribution in [0.25, 0.3) is 0 Å². The average Bonchev–Trinajstić information content (AvgIpc) is 1.88. The van der Waals surface area contributed by atoms with Crippen molar-refractivity contribution < 1.29 is 4.74 Å². The molecule has 0 aromatic rings. The van der Waals surface area contributed by atoms with Crippen LogP contribution < -0.4 is 0 Å². The molecule has 1 nitrogen and oxygen atoms in total. The van der Waals surface area contributed by atoms with E-state index in [2.05, 4.69) is 18.6 Å². The van der Waals surface area contributed by atoms with Crippen LogP contribution in [0.5, 0.6) is 0 Å². The minimum absolute atomic E-state index is 0.679. The van der Waals surface area contributed by atoms with Gasteiger partial charge in [0.2, 0.25) is 0 Å². The fraction of sp³-hybridized carbons (Fsp3) is 1.00. The van der Waals surface area contributed by atoms with Crippen molar-refractivity contribution in [1.82, 2.24) is 0 Å². The minimum atomic E-state index is 0.679. The summed E-state index contributed by atoms with van der Waals surface area (Å²) >= 11 is 0. The van der Waals surface area contributed by atoms with Crippen molar-refractivity contribution in [2.24, 2.45) is 5.41 Å². The maximum Gasteiger partial charge on any atom is 0.0351 e. The quantitative estimate of drug-likeness (QED) is 0.526. The molecule has 0 aliphatic heterocycles. The largest absolute Gasteiger partial charge is 0.388 e. The summed E-state index contributed by atoms with van der Waals surface area (Å²) in [4.78, 5) is 0. The lowest BCUT2D eigenvalue weighted by Gasteiger charge is -2.28. The van der Waals surface area contributed by atoms with Gasteiger partial charge in [-0.3, -0.25) is 0 Å². The third kappa shape index (κ3) is 6.36. The van der Waals surface area contributed by atoms with Crippen LogP contribution in [0.3, 0.4) is 0 Å². The second-order valence-electron chi connectivity index (χ2n) is 4.13. The van der Waals surface area contributed by atoms with Gasteiger partial charge in [0, 0.05) is 14.2 Å². The zero-order valence-corrected chi connectivity index (χ0v) is 8.44. The molecule has 0 spiro atoms. The molecule has 1 aliphatic carbocycles. The third-order valence-corrected chi connectivity index (χ3v) is 2.21. The van der Waals surface area contributed by atoms with E-state index in [0.29, 0.717) is 5.41 Å². The highest BCUT2D eigenvalue weighted by Crippen LogP contribution is 2.34. The zero-order valence-electron chi connectivity index (χ0n) is 8.44. The fourth-order valence-corrected chi connectivity index (χ4v) is 1.51. The van der Waals surface area contributed by atoms with E-state index in [9.17, 15) is 0 Å². The molecule has 0 amide bonds. The summed E-state index contributed by atoms with van der Waals surface area (Å²) in [7, 11) is 3.25. The minimum Gasteiger partial charge on any atom is -0.388 e. The Morgan fingerprint density at radius 1 is 0.909 bits per heavy atom. The number of ether oxygens (including phenoxy) is 1. The van der Waals surface area contributed by atoms with Gasteiger partial charge in [-0.2, -0.15) is 0 Å². The monoisotopic (exact) mass is 158 g/mol. The van der Waals surface area contributed by atoms with Gasteiger partial charge in [-0.05, 0) is 18.3 Å². The summed E-state index contributed by atoms with van der Waals surface area (Å²) in [5.41, 5.74) is 0.679. The summed E-state index contributed by atoms with van der Waals surface area (Å²) in [6.45, 7) is 4.76. The Bertz CT molecular complexity index is 78.9. The summed E-state index contributed by atoms with van der Waals surface area (Å²) in [5, 5.41) is 0. The first-order chi connectivity index (χ1) is 5.12. The third-order valence-electron chi connectivity index (χ3n) is 2.21. The standard InChI is InChI=1S/C8H16.C2H6O/c1-8(2)6-4-3-5-7-8;1-3-2/h3-7H2,1-2H3;1-2H3. The van der Waals surface area contributed by atoms with Gasteiger partial charge in [0.25, 0.3) is 0 Å². The Morgan fingerprint density at radius 3 is 1.45 bits per heavy atom. The van der Waals surface area contributed by atoms with Gasteiger partial charge in [0.05, 0.1) is 0 Å². The molecule has 0 heterocycles. The Labute approximate surface area is 71.1 Å². The highest BCUT2D eigenvalue weighted by atomic mass is 16.4. The highest BCUT2D eigenvalue weighted by molar-refractivity contribution is 4.72. The number of hydrogen-bond acceptors (Lipinski definition) is 1. The van der Waals surface area contributed by atoms with Crippen LogP contribution in [0.15, 0.2) is 0 Å². The van der Waals surface area contributed by atoms with Crippen molar-refractivity contribution in [2.75, 3.05) is 14.2 Å². The van der Waals surface area contributed by atoms with Crippen LogP contribution in [0, 0.1) is 5.41 Å². The Balaban J connectivity index is 0.000000292. The molecule has 0 N–H and O–H groups in total. The van der Waals surface area contributed by atoms with E-state index in [1.807, 2.05) is 0 Å². The normalized spacial score (nSPS) is 21.8. The molecule has 1 aliphatic rings. The fourth-order valence-electron chi connectivity index (χ4n) is 1.51. The maximum absolute atomic E-state index is 4.25. The summed E-state index contributed by atoms with van der Waals surface area (Å²) in [6.07, 6.45) is 7.31. The molecule has 1 fully saturated rings. The smallest absolute Gasteiger partial charge is 0.0351 e. The van der Waals surface area contributed by atoms with E-state index < -0.39 is 0 Å². The molecular formula is C10H22O. The lowest BCUT2D eigenvalue weighted by Crippen LogP contribution is -2.14. The van der Waals surface area contributed by atoms with Crippen LogP contribution in [-0.4, -0.2) is 14.2 Å². The topological polar surface area (TPSA) is 9.23 Å². The Kier molecular flexibility index (Phi) is 5.57. The first-order valence-corrected chi connectivity index (χ1v) is 4.52. The second kappa shape index (κ2) is 5.59. The number of rotatable bonds is 0. The Morgan fingerprint density at radius 2 is 1.27 bits per heavy atom. The molecular weight excluding hydrogens is 136 g/mol. The first kappa shape index (κ1) is 11.0. The lowest BCUT2D eigenvalue weighted by atomic mass is 9.78. The van der Waals surface area contributed by atoms with Gasteiger partial charge < -0.3 is 4.74 Å². The highest BCUT2D eigenvalue weighted by Gasteiger charge is 2.19. The van der Waals surface area contributed by atoms with Crippen molar-refractivity contribution in [3.63, 3.8) is 0 Å². The van der Waals surface area contributed by atoms with E-state index in [-0.39, 0.29) is 0 Å². The average molecular weight is 158 g/mol. The van der Waals surface area contributed by atoms with Gasteiger partial charge in [-0.1, -0.05) is 33.1 Å². The van der Waals surface area contributed by atoms with E-state index in [0.717, 1.165) is 0 Å². The zero-order chi connectivity index (χ0) is 8.74. The molecule has 1 rings (SSSR count). The predicted octanol–water partition coefficient (Wildman–Crippen LogP) is 3.24. The van der Waals surface area contributed by atoms with Crippen LogP contribution in [0.4, 0.5) is 0 Å². The molecule has 0 aromatic heterocycles. The van der Waals surface area contributed by atoms with E-state index >= 15 is 0 Å². The summed E-state index contributed by atoms with van der Waals surface area (Å²) < 4.78 is 4.25. The van der Waals surface area contributed by atoms with Crippen molar-refractivity contribution >= 4 is 0 Å². The van der Waals surface area contributed by atoms with Crippen LogP contribution in [0.2, 0.25) is 0 Å². The molecule has 1 saturated carbocycles. The van der Waals surface area contributed by atoms with E-state index in [4.69, 9.17) is 0 Å². The molecule has 0 radical (unpaired) electrons. The maximum atomic E-state index is 4.25. The number of hydrogen-bond donors (Lipinski definition) is 0.